The van der Waals surface area contributed by atoms with Gasteiger partial charge in [-0.2, -0.15) is 0 Å². The van der Waals surface area contributed by atoms with Gasteiger partial charge in [0.05, 0.1) is 25.4 Å². The van der Waals surface area contributed by atoms with E-state index in [1.807, 2.05) is 6.08 Å². The molecule has 0 aromatic heterocycles. The molecule has 6 heteroatoms. The molecule has 466 valence electrons. The van der Waals surface area contributed by atoms with Gasteiger partial charge in [0.1, 0.15) is 0 Å². The fraction of sp³-hybridized carbons (Fsp3) is 0.890. The molecular weight excluding hydrogens is 971 g/mol. The zero-order valence-electron chi connectivity index (χ0n) is 53.4. The largest absolute Gasteiger partial charge is 0.466 e. The molecule has 2 unspecified atom stereocenters. The number of unbranched alkanes of at least 4 members (excludes halogenated alkanes) is 52. The summed E-state index contributed by atoms with van der Waals surface area (Å²) < 4.78 is 5.51. The third-order valence-electron chi connectivity index (χ3n) is 16.7. The van der Waals surface area contributed by atoms with Crippen molar-refractivity contribution in [3.63, 3.8) is 0 Å². The van der Waals surface area contributed by atoms with E-state index in [-0.39, 0.29) is 18.5 Å². The van der Waals surface area contributed by atoms with Gasteiger partial charge in [0, 0.05) is 12.8 Å². The first-order valence-electron chi connectivity index (χ1n) is 35.8. The summed E-state index contributed by atoms with van der Waals surface area (Å²) in [6, 6.07) is -0.628. The molecule has 0 radical (unpaired) electrons. The lowest BCUT2D eigenvalue weighted by Crippen LogP contribution is -2.45. The van der Waals surface area contributed by atoms with E-state index < -0.39 is 12.1 Å². The number of hydrogen-bond acceptors (Lipinski definition) is 5. The number of carbonyl (C=O) groups excluding carboxylic acids is 2. The molecule has 0 heterocycles. The average molecular weight is 1110 g/mol. The number of aliphatic hydroxyl groups excluding tert-OH is 2. The molecule has 0 bridgehead atoms. The molecule has 1 amide bonds. The van der Waals surface area contributed by atoms with E-state index in [9.17, 15) is 19.8 Å². The fourth-order valence-electron chi connectivity index (χ4n) is 11.2. The van der Waals surface area contributed by atoms with Crippen molar-refractivity contribution < 1.29 is 24.5 Å². The Hall–Kier alpha value is -1.92. The Morgan fingerprint density at radius 1 is 0.354 bits per heavy atom. The third-order valence-corrected chi connectivity index (χ3v) is 16.7. The number of amides is 1. The van der Waals surface area contributed by atoms with E-state index in [1.54, 1.807) is 6.08 Å². The number of nitrogens with one attached hydrogen (secondary N) is 1. The highest BCUT2D eigenvalue weighted by molar-refractivity contribution is 5.76. The van der Waals surface area contributed by atoms with E-state index in [4.69, 9.17) is 4.74 Å². The topological polar surface area (TPSA) is 95.9 Å². The van der Waals surface area contributed by atoms with Gasteiger partial charge in [-0.15, -0.1) is 0 Å². The van der Waals surface area contributed by atoms with Crippen LogP contribution in [0, 0.1) is 0 Å². The van der Waals surface area contributed by atoms with Gasteiger partial charge in [0.25, 0.3) is 0 Å². The summed E-state index contributed by atoms with van der Waals surface area (Å²) in [5.41, 5.74) is 0. The van der Waals surface area contributed by atoms with Crippen molar-refractivity contribution in [2.24, 2.45) is 0 Å². The van der Waals surface area contributed by atoms with Crippen LogP contribution >= 0.6 is 0 Å². The van der Waals surface area contributed by atoms with Crippen LogP contribution in [0.1, 0.15) is 393 Å². The molecule has 6 nitrogen and oxygen atoms in total. The lowest BCUT2D eigenvalue weighted by Gasteiger charge is -2.20. The van der Waals surface area contributed by atoms with E-state index in [1.165, 1.54) is 321 Å². The van der Waals surface area contributed by atoms with Crippen molar-refractivity contribution in [3.8, 4) is 0 Å². The van der Waals surface area contributed by atoms with Crippen LogP contribution in [-0.4, -0.2) is 47.4 Å². The first kappa shape index (κ1) is 77.1. The van der Waals surface area contributed by atoms with Crippen molar-refractivity contribution in [2.75, 3.05) is 13.2 Å². The predicted octanol–water partition coefficient (Wildman–Crippen LogP) is 23.1. The molecule has 0 aliphatic rings. The van der Waals surface area contributed by atoms with Crippen LogP contribution in [0.15, 0.2) is 36.5 Å². The number of allylic oxidation sites excluding steroid dienone is 5. The fourth-order valence-corrected chi connectivity index (χ4v) is 11.2. The van der Waals surface area contributed by atoms with Crippen molar-refractivity contribution in [1.82, 2.24) is 5.32 Å². The Labute approximate surface area is 494 Å². The van der Waals surface area contributed by atoms with Crippen LogP contribution in [0.5, 0.6) is 0 Å². The SMILES string of the molecule is CCCCCCCCCCCCCC/C=C/C(O)C(CO)NC(=O)CCCCCCCCCCCCCCC/C=C\C/C=C\CCCCCCCCCCCOC(=O)CCCCCCCCCCCCCCCCCCCCC. The van der Waals surface area contributed by atoms with E-state index in [2.05, 4.69) is 43.5 Å². The Morgan fingerprint density at radius 3 is 0.962 bits per heavy atom. The second-order valence-electron chi connectivity index (χ2n) is 24.6. The highest BCUT2D eigenvalue weighted by Crippen LogP contribution is 2.18. The summed E-state index contributed by atoms with van der Waals surface area (Å²) in [4.78, 5) is 24.6. The predicted molar refractivity (Wildman–Crippen MR) is 347 cm³/mol. The molecule has 0 spiro atoms. The number of esters is 1. The molecule has 0 aromatic rings. The van der Waals surface area contributed by atoms with E-state index in [0.717, 1.165) is 44.9 Å². The van der Waals surface area contributed by atoms with Gasteiger partial charge in [0.15, 0.2) is 0 Å². The van der Waals surface area contributed by atoms with Crippen LogP contribution in [0.4, 0.5) is 0 Å². The number of ether oxygens (including phenoxy) is 1. The lowest BCUT2D eigenvalue weighted by molar-refractivity contribution is -0.143. The maximum atomic E-state index is 12.5. The second kappa shape index (κ2) is 68.6. The Balaban J connectivity index is 3.39. The van der Waals surface area contributed by atoms with Gasteiger partial charge < -0.3 is 20.3 Å². The Bertz CT molecular complexity index is 1280. The van der Waals surface area contributed by atoms with Gasteiger partial charge >= 0.3 is 5.97 Å². The van der Waals surface area contributed by atoms with Crippen LogP contribution in [0.25, 0.3) is 0 Å². The van der Waals surface area contributed by atoms with Crippen LogP contribution < -0.4 is 5.32 Å². The molecule has 0 rings (SSSR count). The number of rotatable bonds is 67. The molecule has 0 aromatic carbocycles. The zero-order valence-corrected chi connectivity index (χ0v) is 53.4. The number of carbonyl (C=O) groups is 2. The van der Waals surface area contributed by atoms with Crippen molar-refractivity contribution in [1.29, 1.82) is 0 Å². The van der Waals surface area contributed by atoms with Crippen LogP contribution in [0.2, 0.25) is 0 Å². The summed E-state index contributed by atoms with van der Waals surface area (Å²) >= 11 is 0. The lowest BCUT2D eigenvalue weighted by atomic mass is 10.0. The van der Waals surface area contributed by atoms with Gasteiger partial charge in [-0.25, -0.2) is 0 Å². The molecule has 2 atom stereocenters. The minimum atomic E-state index is -0.845. The van der Waals surface area contributed by atoms with Crippen molar-refractivity contribution in [2.45, 2.75) is 405 Å². The summed E-state index contributed by atoms with van der Waals surface area (Å²) in [7, 11) is 0. The Kier molecular flexibility index (Phi) is 66.9. The first-order valence-corrected chi connectivity index (χ1v) is 35.8. The van der Waals surface area contributed by atoms with Gasteiger partial charge in [-0.1, -0.05) is 352 Å². The zero-order chi connectivity index (χ0) is 57.1. The summed E-state index contributed by atoms with van der Waals surface area (Å²) in [5, 5.41) is 23.1. The number of aliphatic hydroxyl groups is 2. The van der Waals surface area contributed by atoms with Gasteiger partial charge in [-0.05, 0) is 64.2 Å². The maximum absolute atomic E-state index is 12.5. The normalized spacial score (nSPS) is 12.7. The number of hydrogen-bond donors (Lipinski definition) is 3. The highest BCUT2D eigenvalue weighted by atomic mass is 16.5. The second-order valence-corrected chi connectivity index (χ2v) is 24.6. The summed E-state index contributed by atoms with van der Waals surface area (Å²) in [5.74, 6) is -0.0505. The highest BCUT2D eigenvalue weighted by Gasteiger charge is 2.18. The van der Waals surface area contributed by atoms with Crippen LogP contribution in [0.3, 0.4) is 0 Å². The first-order chi connectivity index (χ1) is 39.0. The quantitative estimate of drug-likeness (QED) is 0.0320. The molecule has 0 fully saturated rings. The molecule has 0 saturated heterocycles. The molecule has 3 N–H and O–H groups in total. The van der Waals surface area contributed by atoms with Crippen molar-refractivity contribution in [3.05, 3.63) is 36.5 Å². The molecule has 0 saturated carbocycles. The maximum Gasteiger partial charge on any atom is 0.305 e. The minimum Gasteiger partial charge on any atom is -0.466 e. The third kappa shape index (κ3) is 65.1. The molecule has 0 aliphatic carbocycles. The Morgan fingerprint density at radius 2 is 0.633 bits per heavy atom. The summed E-state index contributed by atoms with van der Waals surface area (Å²) in [6.45, 7) is 4.93. The monoisotopic (exact) mass is 1110 g/mol. The van der Waals surface area contributed by atoms with Gasteiger partial charge in [-0.3, -0.25) is 9.59 Å². The minimum absolute atomic E-state index is 0.0169. The molecule has 79 heavy (non-hydrogen) atoms. The average Bonchev–Trinajstić information content (AvgIpc) is 3.45. The summed E-state index contributed by atoms with van der Waals surface area (Å²) in [6.07, 6.45) is 88.0. The smallest absolute Gasteiger partial charge is 0.305 e. The van der Waals surface area contributed by atoms with Crippen LogP contribution in [-0.2, 0) is 14.3 Å². The molecule has 0 aliphatic heterocycles. The van der Waals surface area contributed by atoms with E-state index in [0.29, 0.717) is 19.4 Å². The standard InChI is InChI=1S/C73H139NO5/c1-3-5-7-9-11-13-15-17-19-20-32-36-39-43-47-51-55-59-63-67-73(78)79-68-64-60-56-52-48-44-40-37-34-31-29-27-25-23-21-22-24-26-28-30-33-35-38-42-46-50-54-58-62-66-72(77)74-70(69-75)71(76)65-61-57-53-49-45-41-18-16-14-12-10-8-6-4-2/h21,23,27,29,61,65,70-71,75-76H,3-20,22,24-26,28,30-60,62-64,66-69H2,1-2H3,(H,74,77)/b23-21-,29-27-,65-61+. The van der Waals surface area contributed by atoms with E-state index >= 15 is 0 Å². The van der Waals surface area contributed by atoms with Gasteiger partial charge in [0.2, 0.25) is 5.91 Å². The molecular formula is C73H139NO5. The van der Waals surface area contributed by atoms with Crippen molar-refractivity contribution >= 4 is 11.9 Å².